The molecule has 0 amide bonds. The molecular formula is C9H15N5O2S. The molecule has 0 saturated heterocycles. The number of hydrogen-bond acceptors (Lipinski definition) is 5. The van der Waals surface area contributed by atoms with E-state index in [4.69, 9.17) is 16.6 Å². The van der Waals surface area contributed by atoms with Gasteiger partial charge in [-0.05, 0) is 12.8 Å². The monoisotopic (exact) mass is 257 g/mol. The molecule has 1 rings (SSSR count). The number of rotatable bonds is 7. The van der Waals surface area contributed by atoms with Crippen molar-refractivity contribution in [2.75, 3.05) is 11.9 Å². The Labute approximate surface area is 103 Å². The highest BCUT2D eigenvalue weighted by molar-refractivity contribution is 7.13. The predicted octanol–water partition coefficient (Wildman–Crippen LogP) is 0.0618. The van der Waals surface area contributed by atoms with Gasteiger partial charge in [0.25, 0.3) is 0 Å². The van der Waals surface area contributed by atoms with E-state index in [1.54, 1.807) is 11.6 Å². The molecule has 0 radical (unpaired) electrons. The first-order valence-corrected chi connectivity index (χ1v) is 5.92. The maximum atomic E-state index is 11.0. The minimum absolute atomic E-state index is 0.0183. The first kappa shape index (κ1) is 13.2. The third-order valence-corrected chi connectivity index (χ3v) is 2.68. The molecule has 94 valence electrons. The van der Waals surface area contributed by atoms with Gasteiger partial charge in [0, 0.05) is 18.1 Å². The summed E-state index contributed by atoms with van der Waals surface area (Å²) < 4.78 is 0. The van der Waals surface area contributed by atoms with Crippen molar-refractivity contribution in [2.24, 2.45) is 16.5 Å². The lowest BCUT2D eigenvalue weighted by Crippen LogP contribution is -2.29. The molecule has 1 aromatic heterocycles. The number of carboxylic acids is 1. The van der Waals surface area contributed by atoms with E-state index in [1.807, 2.05) is 0 Å². The number of aromatic nitrogens is 1. The van der Waals surface area contributed by atoms with E-state index in [0.29, 0.717) is 24.5 Å². The van der Waals surface area contributed by atoms with Crippen molar-refractivity contribution < 1.29 is 9.90 Å². The van der Waals surface area contributed by atoms with Crippen LogP contribution in [-0.2, 0) is 4.79 Å². The summed E-state index contributed by atoms with van der Waals surface area (Å²) in [5, 5.41) is 14.2. The van der Waals surface area contributed by atoms with Crippen LogP contribution in [0.15, 0.2) is 16.6 Å². The lowest BCUT2D eigenvalue weighted by Gasteiger charge is -2.12. The number of nitrogens with one attached hydrogen (secondary N) is 1. The number of thiazole rings is 1. The second-order valence-corrected chi connectivity index (χ2v) is 4.22. The van der Waals surface area contributed by atoms with Crippen LogP contribution in [0.1, 0.15) is 12.8 Å². The van der Waals surface area contributed by atoms with Gasteiger partial charge in [-0.3, -0.25) is 4.99 Å². The lowest BCUT2D eigenvalue weighted by molar-refractivity contribution is -0.138. The van der Waals surface area contributed by atoms with Crippen molar-refractivity contribution in [3.05, 3.63) is 11.6 Å². The Morgan fingerprint density at radius 2 is 2.41 bits per heavy atom. The summed E-state index contributed by atoms with van der Waals surface area (Å²) in [5.74, 6) is -0.894. The van der Waals surface area contributed by atoms with Gasteiger partial charge in [-0.25, -0.2) is 9.78 Å². The zero-order valence-electron chi connectivity index (χ0n) is 9.17. The number of nitrogens with zero attached hydrogens (tertiary/aromatic N) is 2. The first-order valence-electron chi connectivity index (χ1n) is 5.04. The zero-order valence-corrected chi connectivity index (χ0v) is 9.98. The molecule has 6 N–H and O–H groups in total. The molecule has 0 bridgehead atoms. The standard InChI is InChI=1S/C9H15N5O2S/c10-8(11)12-3-1-2-6(7(15)16)14-9-13-4-5-17-9/h4-6H,1-3H2,(H,13,14)(H,15,16)(H4,10,11,12). The highest BCUT2D eigenvalue weighted by Crippen LogP contribution is 2.13. The van der Waals surface area contributed by atoms with Gasteiger partial charge in [0.2, 0.25) is 0 Å². The van der Waals surface area contributed by atoms with Crippen LogP contribution in [-0.4, -0.2) is 34.6 Å². The molecule has 0 fully saturated rings. The third kappa shape index (κ3) is 5.16. The molecule has 0 aliphatic rings. The van der Waals surface area contributed by atoms with Crippen LogP contribution in [0, 0.1) is 0 Å². The number of carboxylic acid groups (broad SMARTS) is 1. The Hall–Kier alpha value is -1.83. The molecule has 0 saturated carbocycles. The Balaban J connectivity index is 2.39. The van der Waals surface area contributed by atoms with Gasteiger partial charge in [0.05, 0.1) is 0 Å². The average Bonchev–Trinajstić information content (AvgIpc) is 2.74. The van der Waals surface area contributed by atoms with Gasteiger partial charge in [-0.1, -0.05) is 0 Å². The highest BCUT2D eigenvalue weighted by atomic mass is 32.1. The van der Waals surface area contributed by atoms with Gasteiger partial charge >= 0.3 is 5.97 Å². The number of carbonyl (C=O) groups is 1. The fourth-order valence-corrected chi connectivity index (χ4v) is 1.79. The molecule has 8 heteroatoms. The molecule has 1 heterocycles. The molecule has 17 heavy (non-hydrogen) atoms. The van der Waals surface area contributed by atoms with Crippen LogP contribution in [0.5, 0.6) is 0 Å². The summed E-state index contributed by atoms with van der Waals surface area (Å²) in [6.45, 7) is 0.422. The minimum Gasteiger partial charge on any atom is -0.480 e. The van der Waals surface area contributed by atoms with Crippen LogP contribution in [0.25, 0.3) is 0 Å². The SMILES string of the molecule is NC(N)=NCCCC(Nc1nccs1)C(=O)O. The normalized spacial score (nSPS) is 11.8. The molecule has 0 spiro atoms. The molecule has 1 unspecified atom stereocenters. The van der Waals surface area contributed by atoms with Crippen molar-refractivity contribution in [1.82, 2.24) is 4.98 Å². The Kier molecular flexibility index (Phi) is 5.21. The quantitative estimate of drug-likeness (QED) is 0.311. The Morgan fingerprint density at radius 1 is 1.65 bits per heavy atom. The fraction of sp³-hybridized carbons (Fsp3) is 0.444. The van der Waals surface area contributed by atoms with Crippen molar-refractivity contribution in [2.45, 2.75) is 18.9 Å². The molecule has 0 aliphatic heterocycles. The van der Waals surface area contributed by atoms with Crippen LogP contribution in [0.2, 0.25) is 0 Å². The summed E-state index contributed by atoms with van der Waals surface area (Å²) in [5.41, 5.74) is 10.3. The van der Waals surface area contributed by atoms with Gasteiger partial charge in [-0.15, -0.1) is 11.3 Å². The second kappa shape index (κ2) is 6.69. The van der Waals surface area contributed by atoms with Crippen LogP contribution in [0.4, 0.5) is 5.13 Å². The number of guanidine groups is 1. The lowest BCUT2D eigenvalue weighted by atomic mass is 10.1. The highest BCUT2D eigenvalue weighted by Gasteiger charge is 2.17. The summed E-state index contributed by atoms with van der Waals surface area (Å²) in [7, 11) is 0. The number of aliphatic carboxylic acids is 1. The van der Waals surface area contributed by atoms with Crippen LogP contribution >= 0.6 is 11.3 Å². The first-order chi connectivity index (χ1) is 8.09. The van der Waals surface area contributed by atoms with Crippen molar-refractivity contribution in [3.63, 3.8) is 0 Å². The average molecular weight is 257 g/mol. The maximum absolute atomic E-state index is 11.0. The molecule has 1 aromatic rings. The van der Waals surface area contributed by atoms with E-state index >= 15 is 0 Å². The molecule has 1 atom stereocenters. The molecule has 0 aliphatic carbocycles. The predicted molar refractivity (Wildman–Crippen MR) is 67.1 cm³/mol. The van der Waals surface area contributed by atoms with Crippen LogP contribution < -0.4 is 16.8 Å². The van der Waals surface area contributed by atoms with E-state index in [2.05, 4.69) is 15.3 Å². The van der Waals surface area contributed by atoms with E-state index < -0.39 is 12.0 Å². The van der Waals surface area contributed by atoms with Crippen LogP contribution in [0.3, 0.4) is 0 Å². The van der Waals surface area contributed by atoms with Crippen molar-refractivity contribution in [3.8, 4) is 0 Å². The van der Waals surface area contributed by atoms with E-state index in [-0.39, 0.29) is 5.96 Å². The van der Waals surface area contributed by atoms with Gasteiger partial charge < -0.3 is 21.9 Å². The third-order valence-electron chi connectivity index (χ3n) is 1.97. The van der Waals surface area contributed by atoms with Crippen molar-refractivity contribution >= 4 is 28.4 Å². The van der Waals surface area contributed by atoms with Crippen molar-refractivity contribution in [1.29, 1.82) is 0 Å². The number of hydrogen-bond donors (Lipinski definition) is 4. The van der Waals surface area contributed by atoms with Gasteiger partial charge in [0.1, 0.15) is 6.04 Å². The number of anilines is 1. The largest absolute Gasteiger partial charge is 0.480 e. The minimum atomic E-state index is -0.912. The maximum Gasteiger partial charge on any atom is 0.326 e. The van der Waals surface area contributed by atoms with E-state index in [0.717, 1.165) is 0 Å². The van der Waals surface area contributed by atoms with E-state index in [1.165, 1.54) is 11.3 Å². The topological polar surface area (TPSA) is 127 Å². The summed E-state index contributed by atoms with van der Waals surface area (Å²) in [4.78, 5) is 18.7. The second-order valence-electron chi connectivity index (χ2n) is 3.32. The smallest absolute Gasteiger partial charge is 0.326 e. The molecule has 0 aromatic carbocycles. The molecule has 7 nitrogen and oxygen atoms in total. The van der Waals surface area contributed by atoms with Gasteiger partial charge in [-0.2, -0.15) is 0 Å². The Bertz CT molecular complexity index is 375. The molecular weight excluding hydrogens is 242 g/mol. The zero-order chi connectivity index (χ0) is 12.7. The number of nitrogens with two attached hydrogens (primary N) is 2. The number of aliphatic imine (C=N–C) groups is 1. The summed E-state index contributed by atoms with van der Waals surface area (Å²) in [6, 6.07) is -0.671. The van der Waals surface area contributed by atoms with Gasteiger partial charge in [0.15, 0.2) is 11.1 Å². The Morgan fingerprint density at radius 3 is 2.94 bits per heavy atom. The summed E-state index contributed by atoms with van der Waals surface area (Å²) >= 11 is 1.36. The van der Waals surface area contributed by atoms with E-state index in [9.17, 15) is 4.79 Å². The fourth-order valence-electron chi connectivity index (χ4n) is 1.20. The summed E-state index contributed by atoms with van der Waals surface area (Å²) in [6.07, 6.45) is 2.64.